The largest absolute Gasteiger partial charge is 0.433 e. The van der Waals surface area contributed by atoms with Crippen LogP contribution in [0.4, 0.5) is 0 Å². The number of ether oxygens (including phenoxy) is 1. The molecule has 1 unspecified atom stereocenters. The van der Waals surface area contributed by atoms with Crippen LogP contribution in [0.5, 0.6) is 0 Å². The standard InChI is InChI=1S/C13H16O4/c1-13(2,10-6-4-3-5-7-10)17-16-12-9-8-11(14)15-12/h3-7,12H,8-9H2,1-2H3. The van der Waals surface area contributed by atoms with Gasteiger partial charge in [-0.2, -0.15) is 4.89 Å². The summed E-state index contributed by atoms with van der Waals surface area (Å²) < 4.78 is 4.91. The van der Waals surface area contributed by atoms with Crippen molar-refractivity contribution in [2.24, 2.45) is 0 Å². The summed E-state index contributed by atoms with van der Waals surface area (Å²) in [6.07, 6.45) is 0.356. The van der Waals surface area contributed by atoms with Gasteiger partial charge in [-0.05, 0) is 19.4 Å². The zero-order valence-corrected chi connectivity index (χ0v) is 10.0. The van der Waals surface area contributed by atoms with E-state index in [-0.39, 0.29) is 5.97 Å². The molecule has 0 aliphatic carbocycles. The van der Waals surface area contributed by atoms with Gasteiger partial charge in [-0.1, -0.05) is 30.3 Å². The van der Waals surface area contributed by atoms with Crippen molar-refractivity contribution in [3.8, 4) is 0 Å². The summed E-state index contributed by atoms with van der Waals surface area (Å²) in [5.74, 6) is -0.240. The number of carbonyl (C=O) groups is 1. The van der Waals surface area contributed by atoms with Gasteiger partial charge in [0.25, 0.3) is 0 Å². The molecule has 0 amide bonds. The Labute approximate surface area is 100 Å². The molecule has 1 aromatic carbocycles. The predicted octanol–water partition coefficient (Wildman–Crippen LogP) is 2.53. The molecule has 0 bridgehead atoms. The van der Waals surface area contributed by atoms with Gasteiger partial charge >= 0.3 is 5.97 Å². The van der Waals surface area contributed by atoms with Crippen LogP contribution in [0.1, 0.15) is 32.3 Å². The quantitative estimate of drug-likeness (QED) is 0.458. The van der Waals surface area contributed by atoms with Gasteiger partial charge in [-0.25, -0.2) is 4.89 Å². The van der Waals surface area contributed by atoms with Gasteiger partial charge in [-0.15, -0.1) is 0 Å². The van der Waals surface area contributed by atoms with Crippen molar-refractivity contribution in [1.29, 1.82) is 0 Å². The van der Waals surface area contributed by atoms with E-state index in [0.717, 1.165) is 5.56 Å². The fraction of sp³-hybridized carbons (Fsp3) is 0.462. The van der Waals surface area contributed by atoms with E-state index in [1.807, 2.05) is 44.2 Å². The lowest BCUT2D eigenvalue weighted by Crippen LogP contribution is -2.25. The van der Waals surface area contributed by atoms with E-state index in [9.17, 15) is 4.79 Å². The van der Waals surface area contributed by atoms with E-state index in [0.29, 0.717) is 12.8 Å². The first kappa shape index (κ1) is 12.1. The molecule has 1 fully saturated rings. The summed E-state index contributed by atoms with van der Waals surface area (Å²) in [7, 11) is 0. The molecule has 0 radical (unpaired) electrons. The monoisotopic (exact) mass is 236 g/mol. The molecule has 0 N–H and O–H groups in total. The van der Waals surface area contributed by atoms with Crippen molar-refractivity contribution in [2.75, 3.05) is 0 Å². The molecule has 1 aliphatic rings. The zero-order valence-electron chi connectivity index (χ0n) is 10.0. The minimum Gasteiger partial charge on any atom is -0.433 e. The Morgan fingerprint density at radius 2 is 2.00 bits per heavy atom. The van der Waals surface area contributed by atoms with Crippen LogP contribution in [0.2, 0.25) is 0 Å². The first-order valence-electron chi connectivity index (χ1n) is 5.67. The molecule has 1 aliphatic heterocycles. The molecule has 17 heavy (non-hydrogen) atoms. The molecule has 4 nitrogen and oxygen atoms in total. The second kappa shape index (κ2) is 4.85. The summed E-state index contributed by atoms with van der Waals surface area (Å²) in [6.45, 7) is 3.80. The van der Waals surface area contributed by atoms with Crippen molar-refractivity contribution in [3.63, 3.8) is 0 Å². The molecule has 1 atom stereocenters. The molecule has 0 aromatic heterocycles. The number of carbonyl (C=O) groups excluding carboxylic acids is 1. The lowest BCUT2D eigenvalue weighted by molar-refractivity contribution is -0.412. The molecule has 2 rings (SSSR count). The minimum atomic E-state index is -0.578. The highest BCUT2D eigenvalue weighted by molar-refractivity contribution is 5.71. The maximum Gasteiger partial charge on any atom is 0.308 e. The summed E-state index contributed by atoms with van der Waals surface area (Å²) in [6, 6.07) is 9.75. The molecule has 0 saturated carbocycles. The summed E-state index contributed by atoms with van der Waals surface area (Å²) in [5.41, 5.74) is 0.431. The van der Waals surface area contributed by atoms with Crippen LogP contribution in [-0.2, 0) is 24.9 Å². The molecule has 1 saturated heterocycles. The molecule has 4 heteroatoms. The number of cyclic esters (lactones) is 1. The van der Waals surface area contributed by atoms with Gasteiger partial charge in [0.1, 0.15) is 5.60 Å². The van der Waals surface area contributed by atoms with E-state index in [4.69, 9.17) is 14.5 Å². The predicted molar refractivity (Wildman–Crippen MR) is 60.8 cm³/mol. The second-order valence-electron chi connectivity index (χ2n) is 4.51. The van der Waals surface area contributed by atoms with Crippen molar-refractivity contribution < 1.29 is 19.3 Å². The Kier molecular flexibility index (Phi) is 3.45. The van der Waals surface area contributed by atoms with Gasteiger partial charge in [0.15, 0.2) is 0 Å². The number of rotatable bonds is 4. The first-order chi connectivity index (χ1) is 8.08. The second-order valence-corrected chi connectivity index (χ2v) is 4.51. The number of hydrogen-bond donors (Lipinski definition) is 0. The van der Waals surface area contributed by atoms with Crippen LogP contribution < -0.4 is 0 Å². The fourth-order valence-corrected chi connectivity index (χ4v) is 1.63. The average Bonchev–Trinajstić information content (AvgIpc) is 2.74. The Morgan fingerprint density at radius 1 is 1.29 bits per heavy atom. The molecular formula is C13H16O4. The number of esters is 1. The van der Waals surface area contributed by atoms with E-state index >= 15 is 0 Å². The molecule has 0 spiro atoms. The van der Waals surface area contributed by atoms with Crippen molar-refractivity contribution in [2.45, 2.75) is 38.6 Å². The highest BCUT2D eigenvalue weighted by atomic mass is 17.2. The van der Waals surface area contributed by atoms with Gasteiger partial charge < -0.3 is 4.74 Å². The maximum absolute atomic E-state index is 10.9. The third kappa shape index (κ3) is 3.05. The number of benzene rings is 1. The SMILES string of the molecule is CC(C)(OOC1CCC(=O)O1)c1ccccc1. The minimum absolute atomic E-state index is 0.240. The van der Waals surface area contributed by atoms with Crippen molar-refractivity contribution >= 4 is 5.97 Å². The van der Waals surface area contributed by atoms with Crippen molar-refractivity contribution in [1.82, 2.24) is 0 Å². The van der Waals surface area contributed by atoms with Crippen LogP contribution in [0.15, 0.2) is 30.3 Å². The topological polar surface area (TPSA) is 44.8 Å². The van der Waals surface area contributed by atoms with Crippen LogP contribution in [-0.4, -0.2) is 12.3 Å². The first-order valence-corrected chi connectivity index (χ1v) is 5.67. The highest BCUT2D eigenvalue weighted by Crippen LogP contribution is 2.26. The van der Waals surface area contributed by atoms with Crippen LogP contribution in [0, 0.1) is 0 Å². The van der Waals surface area contributed by atoms with Gasteiger partial charge in [0.2, 0.25) is 6.29 Å². The summed E-state index contributed by atoms with van der Waals surface area (Å²) in [5, 5.41) is 0. The Bertz CT molecular complexity index is 386. The average molecular weight is 236 g/mol. The maximum atomic E-state index is 10.9. The smallest absolute Gasteiger partial charge is 0.308 e. The van der Waals surface area contributed by atoms with E-state index in [1.165, 1.54) is 0 Å². The normalized spacial score (nSPS) is 20.4. The lowest BCUT2D eigenvalue weighted by atomic mass is 9.99. The Hall–Kier alpha value is -1.39. The third-order valence-corrected chi connectivity index (χ3v) is 2.68. The third-order valence-electron chi connectivity index (χ3n) is 2.68. The fourth-order valence-electron chi connectivity index (χ4n) is 1.63. The van der Waals surface area contributed by atoms with Gasteiger partial charge in [-0.3, -0.25) is 4.79 Å². The Balaban J connectivity index is 1.91. The van der Waals surface area contributed by atoms with Crippen LogP contribution >= 0.6 is 0 Å². The molecule has 1 heterocycles. The van der Waals surface area contributed by atoms with E-state index in [2.05, 4.69) is 0 Å². The van der Waals surface area contributed by atoms with Crippen LogP contribution in [0.25, 0.3) is 0 Å². The van der Waals surface area contributed by atoms with Crippen molar-refractivity contribution in [3.05, 3.63) is 35.9 Å². The molecular weight excluding hydrogens is 220 g/mol. The zero-order chi connectivity index (χ0) is 12.3. The van der Waals surface area contributed by atoms with E-state index < -0.39 is 11.9 Å². The summed E-state index contributed by atoms with van der Waals surface area (Å²) >= 11 is 0. The number of hydrogen-bond acceptors (Lipinski definition) is 4. The highest BCUT2D eigenvalue weighted by Gasteiger charge is 2.29. The van der Waals surface area contributed by atoms with E-state index in [1.54, 1.807) is 0 Å². The van der Waals surface area contributed by atoms with Gasteiger partial charge in [0.05, 0.1) is 6.42 Å². The summed E-state index contributed by atoms with van der Waals surface area (Å²) in [4.78, 5) is 21.4. The lowest BCUT2D eigenvalue weighted by Gasteiger charge is -2.25. The Morgan fingerprint density at radius 3 is 2.59 bits per heavy atom. The van der Waals surface area contributed by atoms with Gasteiger partial charge in [0, 0.05) is 6.42 Å². The molecule has 92 valence electrons. The van der Waals surface area contributed by atoms with Crippen LogP contribution in [0.3, 0.4) is 0 Å². The molecule has 1 aromatic rings.